The Morgan fingerprint density at radius 2 is 1.70 bits per heavy atom. The van der Waals surface area contributed by atoms with E-state index in [1.165, 1.54) is 36.2 Å². The van der Waals surface area contributed by atoms with Gasteiger partial charge >= 0.3 is 0 Å². The molecule has 0 unspecified atom stereocenters. The van der Waals surface area contributed by atoms with Crippen LogP contribution in [0.3, 0.4) is 0 Å². The van der Waals surface area contributed by atoms with Crippen LogP contribution < -0.4 is 10.2 Å². The second kappa shape index (κ2) is 4.86. The van der Waals surface area contributed by atoms with E-state index in [0.29, 0.717) is 12.1 Å². The summed E-state index contributed by atoms with van der Waals surface area (Å²) >= 11 is 0. The molecule has 0 radical (unpaired) electrons. The van der Waals surface area contributed by atoms with Gasteiger partial charge < -0.3 is 10.2 Å². The molecule has 1 N–H and O–H groups in total. The molecule has 2 aliphatic heterocycles. The predicted molar refractivity (Wildman–Crippen MR) is 84.2 cm³/mol. The van der Waals surface area contributed by atoms with E-state index < -0.39 is 0 Å². The Bertz CT molecular complexity index is 593. The van der Waals surface area contributed by atoms with Gasteiger partial charge in [-0.25, -0.2) is 0 Å². The summed E-state index contributed by atoms with van der Waals surface area (Å²) in [6.07, 6.45) is 3.88. The summed E-state index contributed by atoms with van der Waals surface area (Å²) in [4.78, 5) is 2.66. The van der Waals surface area contributed by atoms with Gasteiger partial charge in [-0.05, 0) is 37.0 Å². The molecule has 0 amide bonds. The van der Waals surface area contributed by atoms with Crippen molar-refractivity contribution < 1.29 is 0 Å². The van der Waals surface area contributed by atoms with Crippen molar-refractivity contribution in [2.75, 3.05) is 16.8 Å². The Labute approximate surface area is 120 Å². The third-order valence-electron chi connectivity index (χ3n) is 4.64. The summed E-state index contributed by atoms with van der Waals surface area (Å²) in [5, 5.41) is 3.59. The van der Waals surface area contributed by atoms with E-state index in [0.717, 1.165) is 6.54 Å². The number of hydrogen-bond acceptors (Lipinski definition) is 2. The van der Waals surface area contributed by atoms with E-state index in [2.05, 4.69) is 64.8 Å². The summed E-state index contributed by atoms with van der Waals surface area (Å²) in [7, 11) is 0. The van der Waals surface area contributed by atoms with Gasteiger partial charge in [0.2, 0.25) is 0 Å². The number of para-hydroxylation sites is 2. The zero-order chi connectivity index (χ0) is 13.4. The first-order valence-electron chi connectivity index (χ1n) is 7.60. The van der Waals surface area contributed by atoms with Crippen LogP contribution in [0.5, 0.6) is 0 Å². The predicted octanol–water partition coefficient (Wildman–Crippen LogP) is 4.21. The van der Waals surface area contributed by atoms with Crippen molar-refractivity contribution in [3.8, 4) is 0 Å². The van der Waals surface area contributed by atoms with Crippen molar-refractivity contribution in [3.63, 3.8) is 0 Å². The maximum atomic E-state index is 3.59. The first-order valence-corrected chi connectivity index (χ1v) is 7.60. The van der Waals surface area contributed by atoms with Crippen LogP contribution in [0.2, 0.25) is 0 Å². The van der Waals surface area contributed by atoms with Crippen LogP contribution in [0.25, 0.3) is 0 Å². The van der Waals surface area contributed by atoms with Crippen LogP contribution >= 0.6 is 0 Å². The number of fused-ring (bicyclic) bond motifs is 3. The van der Waals surface area contributed by atoms with Gasteiger partial charge in [0, 0.05) is 12.6 Å². The average Bonchev–Trinajstić information content (AvgIpc) is 2.55. The van der Waals surface area contributed by atoms with Crippen molar-refractivity contribution in [2.45, 2.75) is 31.3 Å². The van der Waals surface area contributed by atoms with Gasteiger partial charge in [-0.2, -0.15) is 0 Å². The third kappa shape index (κ3) is 1.87. The first kappa shape index (κ1) is 11.8. The number of anilines is 2. The molecule has 20 heavy (non-hydrogen) atoms. The van der Waals surface area contributed by atoms with E-state index in [-0.39, 0.29) is 0 Å². The molecule has 0 aromatic heterocycles. The number of rotatable bonds is 1. The molecule has 2 atom stereocenters. The molecular weight excluding hydrogens is 244 g/mol. The topological polar surface area (TPSA) is 15.3 Å². The molecule has 102 valence electrons. The summed E-state index contributed by atoms with van der Waals surface area (Å²) in [6, 6.07) is 20.9. The van der Waals surface area contributed by atoms with Crippen LogP contribution in [0.1, 0.15) is 30.9 Å². The second-order valence-corrected chi connectivity index (χ2v) is 5.82. The standard InChI is InChI=1S/C18H20N2/c1-2-7-14(8-3-1)17-12-6-9-15-13-19-16-10-4-5-11-18(16)20(15)17/h1-5,7-8,10-11,15,17,19H,6,9,12-13H2/t15-,17+/m1/s1. The second-order valence-electron chi connectivity index (χ2n) is 5.82. The number of hydrogen-bond donors (Lipinski definition) is 1. The zero-order valence-electron chi connectivity index (χ0n) is 11.6. The van der Waals surface area contributed by atoms with Gasteiger partial charge in [0.1, 0.15) is 0 Å². The van der Waals surface area contributed by atoms with Gasteiger partial charge in [-0.15, -0.1) is 0 Å². The number of nitrogens with one attached hydrogen (secondary N) is 1. The Morgan fingerprint density at radius 3 is 2.60 bits per heavy atom. The van der Waals surface area contributed by atoms with Gasteiger partial charge in [-0.3, -0.25) is 0 Å². The highest BCUT2D eigenvalue weighted by Gasteiger charge is 2.35. The molecule has 0 spiro atoms. The highest BCUT2D eigenvalue weighted by Crippen LogP contribution is 2.43. The van der Waals surface area contributed by atoms with Gasteiger partial charge in [0.25, 0.3) is 0 Å². The summed E-state index contributed by atoms with van der Waals surface area (Å²) < 4.78 is 0. The SMILES string of the molecule is c1ccc([C@@H]2CCC[C@@H]3CNc4ccccc4N32)cc1. The maximum absolute atomic E-state index is 3.59. The lowest BCUT2D eigenvalue weighted by Gasteiger charge is -2.48. The van der Waals surface area contributed by atoms with E-state index in [4.69, 9.17) is 0 Å². The molecule has 0 aliphatic carbocycles. The summed E-state index contributed by atoms with van der Waals surface area (Å²) in [5.41, 5.74) is 4.11. The van der Waals surface area contributed by atoms with Gasteiger partial charge in [-0.1, -0.05) is 42.5 Å². The molecule has 2 aromatic rings. The largest absolute Gasteiger partial charge is 0.381 e. The minimum atomic E-state index is 0.526. The van der Waals surface area contributed by atoms with Crippen molar-refractivity contribution >= 4 is 11.4 Å². The minimum Gasteiger partial charge on any atom is -0.381 e. The molecule has 2 heteroatoms. The summed E-state index contributed by atoms with van der Waals surface area (Å²) in [6.45, 7) is 1.07. The lowest BCUT2D eigenvalue weighted by molar-refractivity contribution is 0.391. The highest BCUT2D eigenvalue weighted by molar-refractivity contribution is 5.73. The Balaban J connectivity index is 1.78. The van der Waals surface area contributed by atoms with Crippen molar-refractivity contribution in [1.29, 1.82) is 0 Å². The molecular formula is C18H20N2. The molecule has 0 bridgehead atoms. The fraction of sp³-hybridized carbons (Fsp3) is 0.333. The number of piperidine rings is 1. The monoisotopic (exact) mass is 264 g/mol. The zero-order valence-corrected chi connectivity index (χ0v) is 11.6. The summed E-state index contributed by atoms with van der Waals surface area (Å²) in [5.74, 6) is 0. The fourth-order valence-corrected chi connectivity index (χ4v) is 3.72. The van der Waals surface area contributed by atoms with Crippen LogP contribution in [0.15, 0.2) is 54.6 Å². The van der Waals surface area contributed by atoms with Gasteiger partial charge in [0.05, 0.1) is 17.4 Å². The van der Waals surface area contributed by atoms with E-state index in [9.17, 15) is 0 Å². The fourth-order valence-electron chi connectivity index (χ4n) is 3.72. The normalized spacial score (nSPS) is 24.5. The Hall–Kier alpha value is -1.96. The minimum absolute atomic E-state index is 0.526. The highest BCUT2D eigenvalue weighted by atomic mass is 15.3. The average molecular weight is 264 g/mol. The Kier molecular flexibility index (Phi) is 2.87. The van der Waals surface area contributed by atoms with E-state index in [1.54, 1.807) is 0 Å². The molecule has 2 nitrogen and oxygen atoms in total. The van der Waals surface area contributed by atoms with Crippen LogP contribution in [-0.4, -0.2) is 12.6 Å². The number of nitrogens with zero attached hydrogens (tertiary/aromatic N) is 1. The van der Waals surface area contributed by atoms with Crippen molar-refractivity contribution in [2.24, 2.45) is 0 Å². The van der Waals surface area contributed by atoms with Crippen LogP contribution in [-0.2, 0) is 0 Å². The lowest BCUT2D eigenvalue weighted by atomic mass is 9.88. The molecule has 4 rings (SSSR count). The maximum Gasteiger partial charge on any atom is 0.0610 e. The molecule has 0 saturated carbocycles. The van der Waals surface area contributed by atoms with Crippen molar-refractivity contribution in [3.05, 3.63) is 60.2 Å². The third-order valence-corrected chi connectivity index (χ3v) is 4.64. The van der Waals surface area contributed by atoms with Crippen LogP contribution in [0, 0.1) is 0 Å². The molecule has 2 aliphatic rings. The smallest absolute Gasteiger partial charge is 0.0610 e. The molecule has 1 fully saturated rings. The molecule has 2 heterocycles. The van der Waals surface area contributed by atoms with Crippen molar-refractivity contribution in [1.82, 2.24) is 0 Å². The van der Waals surface area contributed by atoms with Crippen LogP contribution in [0.4, 0.5) is 11.4 Å². The Morgan fingerprint density at radius 1 is 0.900 bits per heavy atom. The molecule has 2 aromatic carbocycles. The quantitative estimate of drug-likeness (QED) is 0.830. The van der Waals surface area contributed by atoms with E-state index >= 15 is 0 Å². The number of benzene rings is 2. The van der Waals surface area contributed by atoms with E-state index in [1.807, 2.05) is 0 Å². The lowest BCUT2D eigenvalue weighted by Crippen LogP contribution is -2.48. The molecule has 1 saturated heterocycles. The first-order chi connectivity index (χ1) is 9.93. The van der Waals surface area contributed by atoms with Gasteiger partial charge in [0.15, 0.2) is 0 Å².